The standard InChI is InChI=1S/C13H20N2O/c1-9(2)15-8-11-4-6-12(7-5-11)13(16)10(3)14/h4-7,9-10,15H,8,14H2,1-3H3. The van der Waals surface area contributed by atoms with Gasteiger partial charge in [-0.15, -0.1) is 0 Å². The van der Waals surface area contributed by atoms with Gasteiger partial charge in [0.05, 0.1) is 6.04 Å². The van der Waals surface area contributed by atoms with Crippen LogP contribution in [0.2, 0.25) is 0 Å². The summed E-state index contributed by atoms with van der Waals surface area (Å²) in [5.41, 5.74) is 7.40. The maximum atomic E-state index is 11.6. The molecule has 0 saturated carbocycles. The molecule has 0 bridgehead atoms. The molecule has 0 spiro atoms. The second-order valence-corrected chi connectivity index (χ2v) is 4.39. The van der Waals surface area contributed by atoms with Crippen LogP contribution in [0.4, 0.5) is 0 Å². The first-order valence-electron chi connectivity index (χ1n) is 5.63. The van der Waals surface area contributed by atoms with E-state index < -0.39 is 6.04 Å². The van der Waals surface area contributed by atoms with Crippen LogP contribution in [-0.4, -0.2) is 17.9 Å². The van der Waals surface area contributed by atoms with Crippen molar-refractivity contribution in [2.45, 2.75) is 39.4 Å². The summed E-state index contributed by atoms with van der Waals surface area (Å²) in [6, 6.07) is 7.63. The van der Waals surface area contributed by atoms with Crippen molar-refractivity contribution in [3.63, 3.8) is 0 Å². The molecule has 1 aromatic rings. The van der Waals surface area contributed by atoms with Gasteiger partial charge in [0.2, 0.25) is 0 Å². The van der Waals surface area contributed by atoms with Crippen molar-refractivity contribution in [1.29, 1.82) is 0 Å². The molecule has 0 heterocycles. The van der Waals surface area contributed by atoms with E-state index in [9.17, 15) is 4.79 Å². The maximum absolute atomic E-state index is 11.6. The van der Waals surface area contributed by atoms with Gasteiger partial charge in [0.1, 0.15) is 0 Å². The minimum atomic E-state index is -0.431. The summed E-state index contributed by atoms with van der Waals surface area (Å²) in [5.74, 6) is -0.0108. The number of hydrogen-bond acceptors (Lipinski definition) is 3. The van der Waals surface area contributed by atoms with E-state index in [0.29, 0.717) is 11.6 Å². The number of carbonyl (C=O) groups excluding carboxylic acids is 1. The molecule has 0 aliphatic carbocycles. The Labute approximate surface area is 97.0 Å². The van der Waals surface area contributed by atoms with Crippen molar-refractivity contribution in [3.8, 4) is 0 Å². The summed E-state index contributed by atoms with van der Waals surface area (Å²) in [5, 5.41) is 3.32. The molecule has 1 atom stereocenters. The molecule has 1 aromatic carbocycles. The summed E-state index contributed by atoms with van der Waals surface area (Å²) in [6.45, 7) is 6.74. The molecule has 0 amide bonds. The number of hydrogen-bond donors (Lipinski definition) is 2. The van der Waals surface area contributed by atoms with Gasteiger partial charge < -0.3 is 11.1 Å². The van der Waals surface area contributed by atoms with Crippen LogP contribution in [0.3, 0.4) is 0 Å². The highest BCUT2D eigenvalue weighted by Gasteiger charge is 2.09. The van der Waals surface area contributed by atoms with Crippen LogP contribution in [0.5, 0.6) is 0 Å². The number of rotatable bonds is 5. The quantitative estimate of drug-likeness (QED) is 0.743. The summed E-state index contributed by atoms with van der Waals surface area (Å²) in [4.78, 5) is 11.6. The molecule has 0 aromatic heterocycles. The zero-order valence-corrected chi connectivity index (χ0v) is 10.2. The van der Waals surface area contributed by atoms with Crippen molar-refractivity contribution in [3.05, 3.63) is 35.4 Å². The van der Waals surface area contributed by atoms with Crippen LogP contribution in [0.1, 0.15) is 36.7 Å². The Balaban J connectivity index is 2.64. The zero-order chi connectivity index (χ0) is 12.1. The highest BCUT2D eigenvalue weighted by molar-refractivity contribution is 5.99. The lowest BCUT2D eigenvalue weighted by Crippen LogP contribution is -2.26. The second kappa shape index (κ2) is 5.77. The van der Waals surface area contributed by atoms with Gasteiger partial charge in [0, 0.05) is 18.2 Å². The monoisotopic (exact) mass is 220 g/mol. The molecule has 16 heavy (non-hydrogen) atoms. The molecule has 88 valence electrons. The van der Waals surface area contributed by atoms with Gasteiger partial charge >= 0.3 is 0 Å². The Bertz CT molecular complexity index is 341. The summed E-state index contributed by atoms with van der Waals surface area (Å²) >= 11 is 0. The van der Waals surface area contributed by atoms with Gasteiger partial charge in [-0.3, -0.25) is 4.79 Å². The normalized spacial score (nSPS) is 12.8. The van der Waals surface area contributed by atoms with Crippen molar-refractivity contribution in [2.24, 2.45) is 5.73 Å². The van der Waals surface area contributed by atoms with Crippen molar-refractivity contribution in [2.75, 3.05) is 0 Å². The number of ketones is 1. The average molecular weight is 220 g/mol. The first-order valence-corrected chi connectivity index (χ1v) is 5.63. The molecule has 0 aliphatic heterocycles. The minimum Gasteiger partial charge on any atom is -0.321 e. The van der Waals surface area contributed by atoms with E-state index in [-0.39, 0.29) is 5.78 Å². The van der Waals surface area contributed by atoms with Gasteiger partial charge in [-0.05, 0) is 12.5 Å². The van der Waals surface area contributed by atoms with Gasteiger partial charge in [-0.1, -0.05) is 38.1 Å². The van der Waals surface area contributed by atoms with Gasteiger partial charge in [-0.25, -0.2) is 0 Å². The summed E-state index contributed by atoms with van der Waals surface area (Å²) in [6.07, 6.45) is 0. The van der Waals surface area contributed by atoms with E-state index in [1.807, 2.05) is 24.3 Å². The van der Waals surface area contributed by atoms with Gasteiger partial charge in [0.15, 0.2) is 5.78 Å². The Morgan fingerprint density at radius 3 is 2.25 bits per heavy atom. The SMILES string of the molecule is CC(C)NCc1ccc(C(=O)C(C)N)cc1. The highest BCUT2D eigenvalue weighted by atomic mass is 16.1. The van der Waals surface area contributed by atoms with Crippen LogP contribution in [-0.2, 0) is 6.54 Å². The fourth-order valence-electron chi connectivity index (χ4n) is 1.37. The zero-order valence-electron chi connectivity index (χ0n) is 10.2. The third kappa shape index (κ3) is 3.76. The van der Waals surface area contributed by atoms with Crippen LogP contribution in [0, 0.1) is 0 Å². The minimum absolute atomic E-state index is 0.0108. The number of carbonyl (C=O) groups is 1. The van der Waals surface area contributed by atoms with Gasteiger partial charge in [-0.2, -0.15) is 0 Å². The Kier molecular flexibility index (Phi) is 4.65. The number of Topliss-reactive ketones (excluding diaryl/α,β-unsaturated/α-hetero) is 1. The fourth-order valence-corrected chi connectivity index (χ4v) is 1.37. The van der Waals surface area contributed by atoms with E-state index in [4.69, 9.17) is 5.73 Å². The average Bonchev–Trinajstić information content (AvgIpc) is 2.26. The van der Waals surface area contributed by atoms with E-state index in [1.54, 1.807) is 6.92 Å². The van der Waals surface area contributed by atoms with Crippen LogP contribution in [0.15, 0.2) is 24.3 Å². The summed E-state index contributed by atoms with van der Waals surface area (Å²) in [7, 11) is 0. The molecule has 1 rings (SSSR count). The molecular weight excluding hydrogens is 200 g/mol. The summed E-state index contributed by atoms with van der Waals surface area (Å²) < 4.78 is 0. The molecular formula is C13H20N2O. The van der Waals surface area contributed by atoms with Gasteiger partial charge in [0.25, 0.3) is 0 Å². The smallest absolute Gasteiger partial charge is 0.179 e. The topological polar surface area (TPSA) is 55.1 Å². The molecule has 0 saturated heterocycles. The first-order chi connectivity index (χ1) is 7.50. The second-order valence-electron chi connectivity index (χ2n) is 4.39. The Hall–Kier alpha value is -1.19. The predicted octanol–water partition coefficient (Wildman–Crippen LogP) is 1.71. The van der Waals surface area contributed by atoms with Crippen LogP contribution in [0.25, 0.3) is 0 Å². The Morgan fingerprint density at radius 2 is 1.81 bits per heavy atom. The molecule has 0 aliphatic rings. The van der Waals surface area contributed by atoms with E-state index in [0.717, 1.165) is 6.54 Å². The highest BCUT2D eigenvalue weighted by Crippen LogP contribution is 2.06. The van der Waals surface area contributed by atoms with Crippen molar-refractivity contribution >= 4 is 5.78 Å². The lowest BCUT2D eigenvalue weighted by atomic mass is 10.0. The lowest BCUT2D eigenvalue weighted by Gasteiger charge is -2.09. The van der Waals surface area contributed by atoms with E-state index >= 15 is 0 Å². The predicted molar refractivity (Wildman–Crippen MR) is 66.4 cm³/mol. The number of nitrogens with one attached hydrogen (secondary N) is 1. The molecule has 3 heteroatoms. The number of benzene rings is 1. The Morgan fingerprint density at radius 1 is 1.25 bits per heavy atom. The molecule has 3 nitrogen and oxygen atoms in total. The van der Waals surface area contributed by atoms with Crippen LogP contribution >= 0.6 is 0 Å². The molecule has 3 N–H and O–H groups in total. The number of nitrogens with two attached hydrogens (primary N) is 1. The van der Waals surface area contributed by atoms with Crippen molar-refractivity contribution in [1.82, 2.24) is 5.32 Å². The molecule has 0 radical (unpaired) electrons. The third-order valence-corrected chi connectivity index (χ3v) is 2.37. The first kappa shape index (κ1) is 12.9. The lowest BCUT2D eigenvalue weighted by molar-refractivity contribution is 0.0968. The van der Waals surface area contributed by atoms with Crippen LogP contribution < -0.4 is 11.1 Å². The largest absolute Gasteiger partial charge is 0.321 e. The van der Waals surface area contributed by atoms with Crippen molar-refractivity contribution < 1.29 is 4.79 Å². The molecule has 1 unspecified atom stereocenters. The van der Waals surface area contributed by atoms with E-state index in [2.05, 4.69) is 19.2 Å². The third-order valence-electron chi connectivity index (χ3n) is 2.37. The fraction of sp³-hybridized carbons (Fsp3) is 0.462. The maximum Gasteiger partial charge on any atom is 0.179 e. The molecule has 0 fully saturated rings. The van der Waals surface area contributed by atoms with E-state index in [1.165, 1.54) is 5.56 Å².